The molecule has 0 aliphatic carbocycles. The minimum Gasteiger partial charge on any atom is -0.307 e. The van der Waals surface area contributed by atoms with Gasteiger partial charge in [-0.2, -0.15) is 5.10 Å². The molecule has 8 heteroatoms. The van der Waals surface area contributed by atoms with Gasteiger partial charge in [-0.1, -0.05) is 31.5 Å². The van der Waals surface area contributed by atoms with Gasteiger partial charge in [0.2, 0.25) is 0 Å². The lowest BCUT2D eigenvalue weighted by Crippen LogP contribution is -2.18. The summed E-state index contributed by atoms with van der Waals surface area (Å²) in [5.74, 6) is 0.147. The molecule has 0 saturated heterocycles. The first-order valence-corrected chi connectivity index (χ1v) is 11.8. The standard InChI is InChI=1S/C23H28N4O3S/c1-4-5-7-18-10-12-20(13-11-18)26-31(29,30)21-9-6-8-19(16-21)23(28)25-22-14-15-24-27(22)17(2)3/h6,8-17,26H,4-5,7H2,1-3H3,(H,25,28). The van der Waals surface area contributed by atoms with E-state index in [-0.39, 0.29) is 16.5 Å². The molecule has 0 bridgehead atoms. The molecule has 1 amide bonds. The third kappa shape index (κ3) is 5.73. The molecule has 2 aromatic carbocycles. The molecular formula is C23H28N4O3S. The molecule has 3 rings (SSSR count). The molecule has 1 aromatic heterocycles. The molecule has 0 spiro atoms. The molecule has 31 heavy (non-hydrogen) atoms. The quantitative estimate of drug-likeness (QED) is 0.497. The Hall–Kier alpha value is -3.13. The van der Waals surface area contributed by atoms with Crippen LogP contribution in [0.15, 0.2) is 65.7 Å². The summed E-state index contributed by atoms with van der Waals surface area (Å²) < 4.78 is 29.9. The van der Waals surface area contributed by atoms with Gasteiger partial charge in [0, 0.05) is 23.4 Å². The summed E-state index contributed by atoms with van der Waals surface area (Å²) in [6, 6.07) is 15.1. The fourth-order valence-corrected chi connectivity index (χ4v) is 4.26. The monoisotopic (exact) mass is 440 g/mol. The Balaban J connectivity index is 1.75. The lowest BCUT2D eigenvalue weighted by atomic mass is 10.1. The number of hydrogen-bond acceptors (Lipinski definition) is 4. The van der Waals surface area contributed by atoms with Crippen LogP contribution in [0, 0.1) is 0 Å². The van der Waals surface area contributed by atoms with Crippen LogP contribution < -0.4 is 10.0 Å². The second-order valence-electron chi connectivity index (χ2n) is 7.64. The van der Waals surface area contributed by atoms with Gasteiger partial charge in [0.15, 0.2) is 0 Å². The van der Waals surface area contributed by atoms with Crippen LogP contribution in [0.3, 0.4) is 0 Å². The highest BCUT2D eigenvalue weighted by molar-refractivity contribution is 7.92. The Bertz CT molecular complexity index is 1140. The van der Waals surface area contributed by atoms with Gasteiger partial charge < -0.3 is 5.32 Å². The second-order valence-corrected chi connectivity index (χ2v) is 9.33. The highest BCUT2D eigenvalue weighted by Crippen LogP contribution is 2.20. The number of amides is 1. The Morgan fingerprint density at radius 3 is 2.52 bits per heavy atom. The number of anilines is 2. The smallest absolute Gasteiger partial charge is 0.261 e. The molecule has 0 aliphatic rings. The van der Waals surface area contributed by atoms with Gasteiger partial charge in [0.25, 0.3) is 15.9 Å². The van der Waals surface area contributed by atoms with Crippen molar-refractivity contribution in [2.24, 2.45) is 0 Å². The third-order valence-corrected chi connectivity index (χ3v) is 6.21. The first-order chi connectivity index (χ1) is 14.8. The van der Waals surface area contributed by atoms with Crippen molar-refractivity contribution < 1.29 is 13.2 Å². The zero-order valence-electron chi connectivity index (χ0n) is 18.0. The molecular weight excluding hydrogens is 412 g/mol. The summed E-state index contributed by atoms with van der Waals surface area (Å²) in [6.07, 6.45) is 4.78. The normalized spacial score (nSPS) is 11.5. The van der Waals surface area contributed by atoms with Crippen LogP contribution in [0.25, 0.3) is 0 Å². The number of hydrogen-bond donors (Lipinski definition) is 2. The number of sulfonamides is 1. The molecule has 0 saturated carbocycles. The molecule has 0 aliphatic heterocycles. The summed E-state index contributed by atoms with van der Waals surface area (Å²) in [5, 5.41) is 6.97. The average molecular weight is 441 g/mol. The van der Waals surface area contributed by atoms with Crippen molar-refractivity contribution >= 4 is 27.4 Å². The van der Waals surface area contributed by atoms with Gasteiger partial charge in [-0.3, -0.25) is 9.52 Å². The van der Waals surface area contributed by atoms with Crippen molar-refractivity contribution in [2.75, 3.05) is 10.0 Å². The largest absolute Gasteiger partial charge is 0.307 e. The van der Waals surface area contributed by atoms with E-state index in [1.807, 2.05) is 26.0 Å². The van der Waals surface area contributed by atoms with Crippen LogP contribution in [0.4, 0.5) is 11.5 Å². The number of benzene rings is 2. The van der Waals surface area contributed by atoms with E-state index in [2.05, 4.69) is 22.1 Å². The van der Waals surface area contributed by atoms with Crippen molar-refractivity contribution in [1.29, 1.82) is 0 Å². The summed E-state index contributed by atoms with van der Waals surface area (Å²) in [6.45, 7) is 6.05. The number of nitrogens with zero attached hydrogens (tertiary/aromatic N) is 2. The first-order valence-electron chi connectivity index (χ1n) is 10.4. The van der Waals surface area contributed by atoms with E-state index < -0.39 is 15.9 Å². The second kappa shape index (κ2) is 9.78. The van der Waals surface area contributed by atoms with Crippen molar-refractivity contribution in [3.05, 3.63) is 71.9 Å². The van der Waals surface area contributed by atoms with Gasteiger partial charge in [0.05, 0.1) is 11.1 Å². The van der Waals surface area contributed by atoms with Crippen LogP contribution in [-0.4, -0.2) is 24.1 Å². The van der Waals surface area contributed by atoms with Crippen molar-refractivity contribution in [1.82, 2.24) is 9.78 Å². The molecule has 0 fully saturated rings. The first kappa shape index (κ1) is 22.6. The predicted octanol–water partition coefficient (Wildman–Crippen LogP) is 4.86. The van der Waals surface area contributed by atoms with E-state index in [1.54, 1.807) is 41.2 Å². The summed E-state index contributed by atoms with van der Waals surface area (Å²) in [4.78, 5) is 12.7. The van der Waals surface area contributed by atoms with E-state index >= 15 is 0 Å². The summed E-state index contributed by atoms with van der Waals surface area (Å²) >= 11 is 0. The summed E-state index contributed by atoms with van der Waals surface area (Å²) in [5.41, 5.74) is 1.90. The molecule has 0 atom stereocenters. The number of rotatable bonds is 9. The van der Waals surface area contributed by atoms with Gasteiger partial charge >= 0.3 is 0 Å². The van der Waals surface area contributed by atoms with E-state index in [0.29, 0.717) is 11.5 Å². The van der Waals surface area contributed by atoms with Gasteiger partial charge in [-0.15, -0.1) is 0 Å². The molecule has 3 aromatic rings. The van der Waals surface area contributed by atoms with Crippen LogP contribution in [0.1, 0.15) is 55.6 Å². The van der Waals surface area contributed by atoms with E-state index in [0.717, 1.165) is 19.3 Å². The minimum atomic E-state index is -3.83. The molecule has 164 valence electrons. The van der Waals surface area contributed by atoms with Crippen LogP contribution >= 0.6 is 0 Å². The predicted molar refractivity (Wildman–Crippen MR) is 123 cm³/mol. The number of unbranched alkanes of at least 4 members (excludes halogenated alkanes) is 1. The van der Waals surface area contributed by atoms with Crippen LogP contribution in [0.5, 0.6) is 0 Å². The molecule has 0 unspecified atom stereocenters. The Kier molecular flexibility index (Phi) is 7.12. The number of aromatic nitrogens is 2. The van der Waals surface area contributed by atoms with Gasteiger partial charge in [-0.05, 0) is 62.6 Å². The van der Waals surface area contributed by atoms with Crippen molar-refractivity contribution in [3.8, 4) is 0 Å². The van der Waals surface area contributed by atoms with E-state index in [9.17, 15) is 13.2 Å². The number of nitrogens with one attached hydrogen (secondary N) is 2. The number of carbonyl (C=O) groups is 1. The maximum absolute atomic E-state index is 12.8. The molecule has 0 radical (unpaired) electrons. The SMILES string of the molecule is CCCCc1ccc(NS(=O)(=O)c2cccc(C(=O)Nc3ccnn3C(C)C)c2)cc1. The highest BCUT2D eigenvalue weighted by Gasteiger charge is 2.18. The lowest BCUT2D eigenvalue weighted by molar-refractivity contribution is 0.102. The molecule has 7 nitrogen and oxygen atoms in total. The van der Waals surface area contributed by atoms with Gasteiger partial charge in [0.1, 0.15) is 5.82 Å². The van der Waals surface area contributed by atoms with Crippen molar-refractivity contribution in [3.63, 3.8) is 0 Å². The number of carbonyl (C=O) groups excluding carboxylic acids is 1. The van der Waals surface area contributed by atoms with Crippen LogP contribution in [0.2, 0.25) is 0 Å². The lowest BCUT2D eigenvalue weighted by Gasteiger charge is -2.13. The summed E-state index contributed by atoms with van der Waals surface area (Å²) in [7, 11) is -3.83. The average Bonchev–Trinajstić information content (AvgIpc) is 3.21. The van der Waals surface area contributed by atoms with E-state index in [1.165, 1.54) is 17.7 Å². The minimum absolute atomic E-state index is 0.0209. The van der Waals surface area contributed by atoms with Crippen LogP contribution in [-0.2, 0) is 16.4 Å². The fraction of sp³-hybridized carbons (Fsp3) is 0.304. The van der Waals surface area contributed by atoms with E-state index in [4.69, 9.17) is 0 Å². The Morgan fingerprint density at radius 1 is 1.10 bits per heavy atom. The molecule has 2 N–H and O–H groups in total. The highest BCUT2D eigenvalue weighted by atomic mass is 32.2. The fourth-order valence-electron chi connectivity index (χ4n) is 3.15. The Morgan fingerprint density at radius 2 is 1.84 bits per heavy atom. The van der Waals surface area contributed by atoms with Gasteiger partial charge in [-0.25, -0.2) is 13.1 Å². The van der Waals surface area contributed by atoms with Crippen molar-refractivity contribution in [2.45, 2.75) is 51.0 Å². The maximum atomic E-state index is 12.8. The number of aryl methyl sites for hydroxylation is 1. The zero-order chi connectivity index (χ0) is 22.4. The molecule has 1 heterocycles. The maximum Gasteiger partial charge on any atom is 0.261 e. The topological polar surface area (TPSA) is 93.1 Å². The Labute approximate surface area is 183 Å². The third-order valence-electron chi connectivity index (χ3n) is 4.83. The zero-order valence-corrected chi connectivity index (χ0v) is 18.8.